The van der Waals surface area contributed by atoms with Crippen molar-refractivity contribution in [2.24, 2.45) is 5.92 Å². The first-order valence-corrected chi connectivity index (χ1v) is 6.11. The predicted molar refractivity (Wildman–Crippen MR) is 70.8 cm³/mol. The van der Waals surface area contributed by atoms with Crippen molar-refractivity contribution < 1.29 is 19.4 Å². The van der Waals surface area contributed by atoms with Crippen LogP contribution in [0.15, 0.2) is 24.3 Å². The number of amides is 1. The van der Waals surface area contributed by atoms with E-state index in [0.717, 1.165) is 0 Å². The molecular weight excluding hydrogens is 246 g/mol. The molecule has 1 unspecified atom stereocenters. The van der Waals surface area contributed by atoms with Crippen molar-refractivity contribution in [2.75, 3.05) is 7.11 Å². The lowest BCUT2D eigenvalue weighted by Crippen LogP contribution is -2.42. The Labute approximate surface area is 112 Å². The number of rotatable bonds is 5. The first-order valence-electron chi connectivity index (χ1n) is 6.11. The minimum Gasteiger partial charge on any atom is -0.508 e. The molecule has 0 spiro atoms. The van der Waals surface area contributed by atoms with Crippen molar-refractivity contribution in [3.05, 3.63) is 29.8 Å². The van der Waals surface area contributed by atoms with Gasteiger partial charge >= 0.3 is 5.97 Å². The summed E-state index contributed by atoms with van der Waals surface area (Å²) in [6.07, 6.45) is 0.497. The Kier molecular flexibility index (Phi) is 5.36. The van der Waals surface area contributed by atoms with Crippen molar-refractivity contribution in [3.63, 3.8) is 0 Å². The Balaban J connectivity index is 2.78. The second kappa shape index (κ2) is 6.78. The van der Waals surface area contributed by atoms with Gasteiger partial charge in [-0.3, -0.25) is 4.79 Å². The first-order chi connectivity index (χ1) is 8.93. The fourth-order valence-corrected chi connectivity index (χ4v) is 1.72. The Morgan fingerprint density at radius 3 is 2.58 bits per heavy atom. The van der Waals surface area contributed by atoms with Gasteiger partial charge < -0.3 is 15.2 Å². The number of ether oxygens (including phenoxy) is 1. The van der Waals surface area contributed by atoms with E-state index >= 15 is 0 Å². The normalized spacial score (nSPS) is 12.0. The van der Waals surface area contributed by atoms with Gasteiger partial charge in [0, 0.05) is 5.56 Å². The van der Waals surface area contributed by atoms with Gasteiger partial charge in [-0.2, -0.15) is 0 Å². The number of esters is 1. The minimum atomic E-state index is -0.681. The van der Waals surface area contributed by atoms with Crippen molar-refractivity contribution in [2.45, 2.75) is 26.3 Å². The van der Waals surface area contributed by atoms with Gasteiger partial charge in [0.05, 0.1) is 7.11 Å². The molecule has 0 fully saturated rings. The third kappa shape index (κ3) is 4.62. The summed E-state index contributed by atoms with van der Waals surface area (Å²) in [4.78, 5) is 23.6. The van der Waals surface area contributed by atoms with Crippen LogP contribution in [0.25, 0.3) is 0 Å². The molecule has 0 bridgehead atoms. The third-order valence-electron chi connectivity index (χ3n) is 2.61. The predicted octanol–water partition coefficient (Wildman–Crippen LogP) is 1.71. The summed E-state index contributed by atoms with van der Waals surface area (Å²) in [5.74, 6) is -0.631. The van der Waals surface area contributed by atoms with Gasteiger partial charge in [0.15, 0.2) is 0 Å². The van der Waals surface area contributed by atoms with Crippen LogP contribution in [-0.4, -0.2) is 30.1 Å². The lowest BCUT2D eigenvalue weighted by molar-refractivity contribution is -0.143. The molecule has 0 heterocycles. The number of aromatic hydroxyl groups is 1. The largest absolute Gasteiger partial charge is 0.508 e. The molecule has 19 heavy (non-hydrogen) atoms. The number of benzene rings is 1. The number of nitrogens with one attached hydrogen (secondary N) is 1. The molecule has 1 aromatic carbocycles. The Morgan fingerprint density at radius 2 is 2.05 bits per heavy atom. The summed E-state index contributed by atoms with van der Waals surface area (Å²) < 4.78 is 4.67. The van der Waals surface area contributed by atoms with E-state index in [9.17, 15) is 14.7 Å². The maximum atomic E-state index is 12.0. The van der Waals surface area contributed by atoms with Gasteiger partial charge in [0.25, 0.3) is 5.91 Å². The van der Waals surface area contributed by atoms with Gasteiger partial charge in [-0.1, -0.05) is 19.9 Å². The number of hydrogen-bond donors (Lipinski definition) is 2. The molecule has 2 N–H and O–H groups in total. The summed E-state index contributed by atoms with van der Waals surface area (Å²) >= 11 is 0. The lowest BCUT2D eigenvalue weighted by atomic mass is 10.0. The highest BCUT2D eigenvalue weighted by molar-refractivity contribution is 5.97. The van der Waals surface area contributed by atoms with Crippen LogP contribution >= 0.6 is 0 Å². The number of methoxy groups -OCH3 is 1. The van der Waals surface area contributed by atoms with E-state index in [1.807, 2.05) is 13.8 Å². The van der Waals surface area contributed by atoms with E-state index in [1.54, 1.807) is 12.1 Å². The molecule has 1 aromatic rings. The molecule has 0 aromatic heterocycles. The average molecular weight is 265 g/mol. The molecule has 5 nitrogen and oxygen atoms in total. The van der Waals surface area contributed by atoms with Crippen molar-refractivity contribution in [3.8, 4) is 5.75 Å². The van der Waals surface area contributed by atoms with Crippen LogP contribution in [0.2, 0.25) is 0 Å². The minimum absolute atomic E-state index is 0.00567. The first kappa shape index (κ1) is 15.0. The molecule has 0 saturated heterocycles. The fraction of sp³-hybridized carbons (Fsp3) is 0.429. The van der Waals surface area contributed by atoms with E-state index in [1.165, 1.54) is 19.2 Å². The highest BCUT2D eigenvalue weighted by Gasteiger charge is 2.23. The van der Waals surface area contributed by atoms with E-state index in [0.29, 0.717) is 12.0 Å². The molecule has 0 aliphatic heterocycles. The monoisotopic (exact) mass is 265 g/mol. The molecule has 104 valence electrons. The lowest BCUT2D eigenvalue weighted by Gasteiger charge is -2.18. The van der Waals surface area contributed by atoms with E-state index in [4.69, 9.17) is 0 Å². The number of phenolic OH excluding ortho intramolecular Hbond substituents is 1. The van der Waals surface area contributed by atoms with E-state index < -0.39 is 17.9 Å². The maximum Gasteiger partial charge on any atom is 0.328 e. The summed E-state index contributed by atoms with van der Waals surface area (Å²) in [5.41, 5.74) is 0.303. The average Bonchev–Trinajstić information content (AvgIpc) is 2.36. The highest BCUT2D eigenvalue weighted by Crippen LogP contribution is 2.12. The topological polar surface area (TPSA) is 75.6 Å². The zero-order valence-corrected chi connectivity index (χ0v) is 11.3. The van der Waals surface area contributed by atoms with Gasteiger partial charge in [-0.25, -0.2) is 4.79 Å². The van der Waals surface area contributed by atoms with Gasteiger partial charge in [-0.05, 0) is 30.5 Å². The quantitative estimate of drug-likeness (QED) is 0.795. The van der Waals surface area contributed by atoms with Crippen LogP contribution in [-0.2, 0) is 9.53 Å². The van der Waals surface area contributed by atoms with E-state index in [2.05, 4.69) is 10.1 Å². The van der Waals surface area contributed by atoms with Crippen molar-refractivity contribution in [1.29, 1.82) is 0 Å². The Morgan fingerprint density at radius 1 is 1.37 bits per heavy atom. The smallest absolute Gasteiger partial charge is 0.328 e. The summed E-state index contributed by atoms with van der Waals surface area (Å²) in [6, 6.07) is 5.28. The number of carbonyl (C=O) groups excluding carboxylic acids is 2. The molecule has 0 aliphatic carbocycles. The highest BCUT2D eigenvalue weighted by atomic mass is 16.5. The van der Waals surface area contributed by atoms with Crippen LogP contribution < -0.4 is 5.32 Å². The number of hydrogen-bond acceptors (Lipinski definition) is 4. The summed E-state index contributed by atoms with van der Waals surface area (Å²) in [6.45, 7) is 3.91. The van der Waals surface area contributed by atoms with Crippen LogP contribution in [0.4, 0.5) is 0 Å². The molecular formula is C14H19NO4. The molecule has 0 aliphatic rings. The second-order valence-corrected chi connectivity index (χ2v) is 4.73. The zero-order chi connectivity index (χ0) is 14.4. The Bertz CT molecular complexity index is 457. The molecule has 1 rings (SSSR count). The standard InChI is InChI=1S/C14H19NO4/c1-9(2)7-12(14(18)19-3)15-13(17)10-5-4-6-11(16)8-10/h4-6,8-9,12,16H,7H2,1-3H3,(H,15,17). The number of phenols is 1. The summed E-state index contributed by atoms with van der Waals surface area (Å²) in [5, 5.41) is 11.9. The SMILES string of the molecule is COC(=O)C(CC(C)C)NC(=O)c1cccc(O)c1. The molecule has 1 atom stereocenters. The third-order valence-corrected chi connectivity index (χ3v) is 2.61. The van der Waals surface area contributed by atoms with Crippen molar-refractivity contribution in [1.82, 2.24) is 5.32 Å². The van der Waals surface area contributed by atoms with Crippen LogP contribution in [0.5, 0.6) is 5.75 Å². The second-order valence-electron chi connectivity index (χ2n) is 4.73. The van der Waals surface area contributed by atoms with Crippen molar-refractivity contribution >= 4 is 11.9 Å². The van der Waals surface area contributed by atoms with Crippen LogP contribution in [0.3, 0.4) is 0 Å². The zero-order valence-electron chi connectivity index (χ0n) is 11.3. The van der Waals surface area contributed by atoms with Gasteiger partial charge in [0.1, 0.15) is 11.8 Å². The van der Waals surface area contributed by atoms with Gasteiger partial charge in [-0.15, -0.1) is 0 Å². The fourth-order valence-electron chi connectivity index (χ4n) is 1.72. The van der Waals surface area contributed by atoms with Gasteiger partial charge in [0.2, 0.25) is 0 Å². The van der Waals surface area contributed by atoms with Crippen LogP contribution in [0, 0.1) is 5.92 Å². The number of carbonyl (C=O) groups is 2. The molecule has 0 radical (unpaired) electrons. The molecule has 5 heteroatoms. The van der Waals surface area contributed by atoms with Crippen LogP contribution in [0.1, 0.15) is 30.6 Å². The maximum absolute atomic E-state index is 12.0. The van der Waals surface area contributed by atoms with E-state index in [-0.39, 0.29) is 11.7 Å². The Hall–Kier alpha value is -2.04. The summed E-state index contributed by atoms with van der Waals surface area (Å²) in [7, 11) is 1.29. The molecule has 1 amide bonds. The molecule has 0 saturated carbocycles.